The van der Waals surface area contributed by atoms with Crippen molar-refractivity contribution in [1.29, 1.82) is 0 Å². The lowest BCUT2D eigenvalue weighted by atomic mass is 9.92. The number of aromatic hydroxyl groups is 1. The highest BCUT2D eigenvalue weighted by molar-refractivity contribution is 6.33. The van der Waals surface area contributed by atoms with Gasteiger partial charge in [-0.05, 0) is 24.3 Å². The smallest absolute Gasteiger partial charge is 0.128 e. The molecule has 0 saturated heterocycles. The quantitative estimate of drug-likeness (QED) is 0.814. The number of aliphatic hydroxyl groups excluding tert-OH is 1. The highest BCUT2D eigenvalue weighted by Gasteiger charge is 2.40. The van der Waals surface area contributed by atoms with E-state index in [4.69, 9.17) is 16.3 Å². The number of anilines is 1. The standard InChI is InChI=1S/C15H14ClNO3/c16-12-3-1-2-4-13(12)17-15(8-18)9-20-14-7-10(19)5-6-11(14)15/h1-7,17-19H,8-9H2. The van der Waals surface area contributed by atoms with Crippen molar-refractivity contribution < 1.29 is 14.9 Å². The number of hydrogen-bond acceptors (Lipinski definition) is 4. The number of fused-ring (bicyclic) bond motifs is 1. The number of para-hydroxylation sites is 1. The first kappa shape index (κ1) is 13.1. The van der Waals surface area contributed by atoms with Gasteiger partial charge < -0.3 is 20.3 Å². The fraction of sp³-hybridized carbons (Fsp3) is 0.200. The molecule has 0 aliphatic carbocycles. The fourth-order valence-electron chi connectivity index (χ4n) is 2.40. The van der Waals surface area contributed by atoms with Crippen LogP contribution in [-0.4, -0.2) is 23.4 Å². The van der Waals surface area contributed by atoms with E-state index in [-0.39, 0.29) is 19.0 Å². The van der Waals surface area contributed by atoms with Crippen LogP contribution < -0.4 is 10.1 Å². The average molecular weight is 292 g/mol. The maximum atomic E-state index is 9.84. The highest BCUT2D eigenvalue weighted by atomic mass is 35.5. The summed E-state index contributed by atoms with van der Waals surface area (Å²) in [5.74, 6) is 0.703. The molecule has 3 N–H and O–H groups in total. The Morgan fingerprint density at radius 1 is 1.25 bits per heavy atom. The van der Waals surface area contributed by atoms with Gasteiger partial charge >= 0.3 is 0 Å². The van der Waals surface area contributed by atoms with E-state index in [1.54, 1.807) is 24.3 Å². The second kappa shape index (κ2) is 4.89. The van der Waals surface area contributed by atoms with Gasteiger partial charge in [0.15, 0.2) is 0 Å². The zero-order valence-corrected chi connectivity index (χ0v) is 11.4. The Bertz CT molecular complexity index is 647. The van der Waals surface area contributed by atoms with Crippen LogP contribution in [0.3, 0.4) is 0 Å². The minimum absolute atomic E-state index is 0.134. The third kappa shape index (κ3) is 2.07. The largest absolute Gasteiger partial charge is 0.508 e. The van der Waals surface area contributed by atoms with E-state index in [1.807, 2.05) is 18.2 Å². The second-order valence-corrected chi connectivity index (χ2v) is 5.22. The summed E-state index contributed by atoms with van der Waals surface area (Å²) in [5, 5.41) is 23.2. The lowest BCUT2D eigenvalue weighted by molar-refractivity contribution is 0.177. The molecule has 0 bridgehead atoms. The Hall–Kier alpha value is -1.91. The summed E-state index contributed by atoms with van der Waals surface area (Å²) in [6, 6.07) is 12.2. The van der Waals surface area contributed by atoms with Crippen LogP contribution in [-0.2, 0) is 5.54 Å². The Labute approximate surface area is 121 Å². The third-order valence-corrected chi connectivity index (χ3v) is 3.80. The first-order valence-corrected chi connectivity index (χ1v) is 6.62. The number of benzene rings is 2. The van der Waals surface area contributed by atoms with E-state index >= 15 is 0 Å². The summed E-state index contributed by atoms with van der Waals surface area (Å²) >= 11 is 6.15. The number of hydrogen-bond donors (Lipinski definition) is 3. The zero-order chi connectivity index (χ0) is 14.2. The molecule has 1 heterocycles. The van der Waals surface area contributed by atoms with Crippen molar-refractivity contribution in [3.8, 4) is 11.5 Å². The lowest BCUT2D eigenvalue weighted by Crippen LogP contribution is -2.40. The molecule has 0 spiro atoms. The van der Waals surface area contributed by atoms with Gasteiger partial charge in [-0.15, -0.1) is 0 Å². The van der Waals surface area contributed by atoms with Gasteiger partial charge in [0.05, 0.1) is 17.3 Å². The maximum absolute atomic E-state index is 9.84. The van der Waals surface area contributed by atoms with Crippen molar-refractivity contribution in [3.63, 3.8) is 0 Å². The molecule has 0 saturated carbocycles. The van der Waals surface area contributed by atoms with Crippen LogP contribution in [0.1, 0.15) is 5.56 Å². The van der Waals surface area contributed by atoms with E-state index < -0.39 is 5.54 Å². The predicted molar refractivity (Wildman–Crippen MR) is 77.4 cm³/mol. The molecule has 1 aliphatic rings. The third-order valence-electron chi connectivity index (χ3n) is 3.47. The average Bonchev–Trinajstić information content (AvgIpc) is 2.80. The minimum atomic E-state index is -0.756. The first-order valence-electron chi connectivity index (χ1n) is 6.24. The molecule has 1 aliphatic heterocycles. The maximum Gasteiger partial charge on any atom is 0.128 e. The highest BCUT2D eigenvalue weighted by Crippen LogP contribution is 2.41. The van der Waals surface area contributed by atoms with E-state index in [0.717, 1.165) is 11.3 Å². The van der Waals surface area contributed by atoms with Crippen LogP contribution in [0, 0.1) is 0 Å². The molecule has 0 radical (unpaired) electrons. The monoisotopic (exact) mass is 291 g/mol. The molecule has 5 heteroatoms. The number of aliphatic hydroxyl groups is 1. The van der Waals surface area contributed by atoms with Crippen molar-refractivity contribution in [2.75, 3.05) is 18.5 Å². The summed E-state index contributed by atoms with van der Waals surface area (Å²) in [5.41, 5.74) is 0.777. The molecule has 0 amide bonds. The second-order valence-electron chi connectivity index (χ2n) is 4.81. The fourth-order valence-corrected chi connectivity index (χ4v) is 2.58. The number of halogens is 1. The Morgan fingerprint density at radius 3 is 2.80 bits per heavy atom. The normalized spacial score (nSPS) is 20.3. The molecule has 104 valence electrons. The Kier molecular flexibility index (Phi) is 3.20. The van der Waals surface area contributed by atoms with E-state index in [2.05, 4.69) is 5.32 Å². The number of ether oxygens (including phenoxy) is 1. The van der Waals surface area contributed by atoms with Crippen LogP contribution >= 0.6 is 11.6 Å². The van der Waals surface area contributed by atoms with Crippen molar-refractivity contribution in [2.24, 2.45) is 0 Å². The number of nitrogens with one attached hydrogen (secondary N) is 1. The zero-order valence-electron chi connectivity index (χ0n) is 10.6. The molecule has 3 rings (SSSR count). The minimum Gasteiger partial charge on any atom is -0.508 e. The summed E-state index contributed by atoms with van der Waals surface area (Å²) in [6.07, 6.45) is 0. The molecule has 1 atom stereocenters. The van der Waals surface area contributed by atoms with Crippen LogP contribution in [0.5, 0.6) is 11.5 Å². The molecule has 0 aromatic heterocycles. The molecular weight excluding hydrogens is 278 g/mol. The van der Waals surface area contributed by atoms with Crippen LogP contribution in [0.2, 0.25) is 5.02 Å². The SMILES string of the molecule is OCC1(Nc2ccccc2Cl)COc2cc(O)ccc21. The lowest BCUT2D eigenvalue weighted by Gasteiger charge is -2.28. The topological polar surface area (TPSA) is 61.7 Å². The van der Waals surface area contributed by atoms with E-state index in [1.165, 1.54) is 0 Å². The predicted octanol–water partition coefficient (Wildman–Crippen LogP) is 2.74. The van der Waals surface area contributed by atoms with Gasteiger partial charge in [-0.25, -0.2) is 0 Å². The van der Waals surface area contributed by atoms with Gasteiger partial charge in [0.2, 0.25) is 0 Å². The Balaban J connectivity index is 2.01. The van der Waals surface area contributed by atoms with Crippen molar-refractivity contribution >= 4 is 17.3 Å². The first-order chi connectivity index (χ1) is 9.64. The van der Waals surface area contributed by atoms with Crippen molar-refractivity contribution in [2.45, 2.75) is 5.54 Å². The van der Waals surface area contributed by atoms with Crippen LogP contribution in [0.4, 0.5) is 5.69 Å². The van der Waals surface area contributed by atoms with Crippen molar-refractivity contribution in [1.82, 2.24) is 0 Å². The van der Waals surface area contributed by atoms with Crippen LogP contribution in [0.25, 0.3) is 0 Å². The van der Waals surface area contributed by atoms with Gasteiger partial charge in [-0.2, -0.15) is 0 Å². The molecular formula is C15H14ClNO3. The molecule has 1 unspecified atom stereocenters. The van der Waals surface area contributed by atoms with E-state index in [0.29, 0.717) is 10.8 Å². The van der Waals surface area contributed by atoms with Crippen molar-refractivity contribution in [3.05, 3.63) is 53.1 Å². The van der Waals surface area contributed by atoms with Gasteiger partial charge in [-0.1, -0.05) is 23.7 Å². The molecule has 0 fully saturated rings. The van der Waals surface area contributed by atoms with Gasteiger partial charge in [0.1, 0.15) is 23.6 Å². The van der Waals surface area contributed by atoms with Gasteiger partial charge in [0, 0.05) is 11.6 Å². The molecule has 4 nitrogen and oxygen atoms in total. The number of phenols is 1. The van der Waals surface area contributed by atoms with Gasteiger partial charge in [-0.3, -0.25) is 0 Å². The molecule has 2 aromatic carbocycles. The van der Waals surface area contributed by atoms with Gasteiger partial charge in [0.25, 0.3) is 0 Å². The summed E-state index contributed by atoms with van der Waals surface area (Å²) in [6.45, 7) is 0.128. The Morgan fingerprint density at radius 2 is 2.05 bits per heavy atom. The summed E-state index contributed by atoms with van der Waals surface area (Å²) < 4.78 is 5.57. The molecule has 20 heavy (non-hydrogen) atoms. The number of rotatable bonds is 3. The number of phenolic OH excluding ortho intramolecular Hbond substituents is 1. The van der Waals surface area contributed by atoms with Crippen LogP contribution in [0.15, 0.2) is 42.5 Å². The molecule has 2 aromatic rings. The summed E-state index contributed by atoms with van der Waals surface area (Å²) in [7, 11) is 0. The van der Waals surface area contributed by atoms with E-state index in [9.17, 15) is 10.2 Å². The summed E-state index contributed by atoms with van der Waals surface area (Å²) in [4.78, 5) is 0.